The van der Waals surface area contributed by atoms with E-state index in [0.717, 1.165) is 12.1 Å². The minimum atomic E-state index is -3.27. The zero-order valence-corrected chi connectivity index (χ0v) is 11.5. The molecule has 1 rings (SSSR count). The summed E-state index contributed by atoms with van der Waals surface area (Å²) in [6.45, 7) is -1.93. The second-order valence-electron chi connectivity index (χ2n) is 3.66. The summed E-state index contributed by atoms with van der Waals surface area (Å²) in [5.74, 6) is -4.26. The fraction of sp³-hybridized carbons (Fsp3) is 0.300. The number of nitrogens with zero attached hydrogens (tertiary/aromatic N) is 1. The van der Waals surface area contributed by atoms with E-state index in [4.69, 9.17) is 17.3 Å². The number of nitrogens with two attached hydrogens (primary N) is 1. The van der Waals surface area contributed by atoms with E-state index < -0.39 is 35.5 Å². The molecule has 0 aliphatic heterocycles. The van der Waals surface area contributed by atoms with Crippen molar-refractivity contribution >= 4 is 35.6 Å². The lowest BCUT2D eigenvalue weighted by molar-refractivity contribution is -0.385. The van der Waals surface area contributed by atoms with Gasteiger partial charge in [0.05, 0.1) is 18.0 Å². The maximum Gasteiger partial charge on any atom is 0.283 e. The zero-order valence-electron chi connectivity index (χ0n) is 9.94. The summed E-state index contributed by atoms with van der Waals surface area (Å²) < 4.78 is 25.7. The van der Waals surface area contributed by atoms with Crippen LogP contribution in [-0.4, -0.2) is 29.8 Å². The second-order valence-corrected chi connectivity index (χ2v) is 4.10. The van der Waals surface area contributed by atoms with Crippen LogP contribution in [0.25, 0.3) is 0 Å². The second kappa shape index (κ2) is 7.32. The topological polar surface area (TPSA) is 98.3 Å². The zero-order chi connectivity index (χ0) is 14.6. The van der Waals surface area contributed by atoms with Crippen LogP contribution in [0.1, 0.15) is 10.4 Å². The van der Waals surface area contributed by atoms with Crippen molar-refractivity contribution in [3.63, 3.8) is 0 Å². The highest BCUT2D eigenvalue weighted by Gasteiger charge is 2.29. The average Bonchev–Trinajstić information content (AvgIpc) is 2.36. The van der Waals surface area contributed by atoms with Gasteiger partial charge in [-0.2, -0.15) is 0 Å². The summed E-state index contributed by atoms with van der Waals surface area (Å²) in [4.78, 5) is 21.5. The highest BCUT2D eigenvalue weighted by Crippen LogP contribution is 2.23. The van der Waals surface area contributed by atoms with E-state index in [1.807, 2.05) is 5.32 Å². The molecule has 0 aliphatic rings. The number of benzene rings is 1. The molecule has 1 aromatic carbocycles. The van der Waals surface area contributed by atoms with Crippen molar-refractivity contribution in [2.45, 2.75) is 5.92 Å². The van der Waals surface area contributed by atoms with Crippen LogP contribution in [0, 0.1) is 10.1 Å². The minimum Gasteiger partial charge on any atom is -0.346 e. The van der Waals surface area contributed by atoms with E-state index in [9.17, 15) is 23.7 Å². The van der Waals surface area contributed by atoms with Crippen molar-refractivity contribution in [1.82, 2.24) is 5.32 Å². The number of nitrogens with one attached hydrogen (secondary N) is 1. The predicted octanol–water partition coefficient (Wildman–Crippen LogP) is 1.99. The maximum absolute atomic E-state index is 12.9. The van der Waals surface area contributed by atoms with Gasteiger partial charge in [-0.15, -0.1) is 12.4 Å². The lowest BCUT2D eigenvalue weighted by atomic mass is 10.1. The van der Waals surface area contributed by atoms with Gasteiger partial charge in [0.2, 0.25) is 0 Å². The van der Waals surface area contributed by atoms with Crippen molar-refractivity contribution < 1.29 is 18.5 Å². The van der Waals surface area contributed by atoms with Crippen LogP contribution in [0.4, 0.5) is 14.5 Å². The van der Waals surface area contributed by atoms with Gasteiger partial charge in [0.25, 0.3) is 17.5 Å². The van der Waals surface area contributed by atoms with Crippen LogP contribution in [0.3, 0.4) is 0 Å². The Bertz CT molecular complexity index is 515. The van der Waals surface area contributed by atoms with Crippen LogP contribution in [0.2, 0.25) is 5.02 Å². The van der Waals surface area contributed by atoms with Crippen molar-refractivity contribution in [3.05, 3.63) is 38.9 Å². The Morgan fingerprint density at radius 2 is 2.10 bits per heavy atom. The van der Waals surface area contributed by atoms with Crippen molar-refractivity contribution in [2.24, 2.45) is 5.73 Å². The first-order valence-corrected chi connectivity index (χ1v) is 5.44. The summed E-state index contributed by atoms with van der Waals surface area (Å²) in [5, 5.41) is 12.7. The molecule has 0 heterocycles. The summed E-state index contributed by atoms with van der Waals surface area (Å²) in [6, 6.07) is 3.32. The van der Waals surface area contributed by atoms with Gasteiger partial charge < -0.3 is 11.1 Å². The Hall–Kier alpha value is -1.51. The summed E-state index contributed by atoms with van der Waals surface area (Å²) >= 11 is 5.57. The lowest BCUT2D eigenvalue weighted by Crippen LogP contribution is -2.41. The molecule has 3 N–H and O–H groups in total. The molecule has 0 bridgehead atoms. The van der Waals surface area contributed by atoms with Crippen LogP contribution < -0.4 is 11.1 Å². The number of halogens is 4. The predicted molar refractivity (Wildman–Crippen MR) is 71.7 cm³/mol. The van der Waals surface area contributed by atoms with Gasteiger partial charge in [0.1, 0.15) is 5.56 Å². The number of rotatable bonds is 5. The molecule has 0 aliphatic carbocycles. The molecule has 6 nitrogen and oxygen atoms in total. The van der Waals surface area contributed by atoms with E-state index in [-0.39, 0.29) is 23.0 Å². The fourth-order valence-corrected chi connectivity index (χ4v) is 1.39. The number of nitro groups is 1. The van der Waals surface area contributed by atoms with Crippen LogP contribution in [-0.2, 0) is 0 Å². The van der Waals surface area contributed by atoms with Crippen LogP contribution in [0.15, 0.2) is 18.2 Å². The molecule has 0 saturated heterocycles. The third-order valence-corrected chi connectivity index (χ3v) is 2.44. The van der Waals surface area contributed by atoms with E-state index in [2.05, 4.69) is 0 Å². The number of carbonyl (C=O) groups excluding carboxylic acids is 1. The fourth-order valence-electron chi connectivity index (χ4n) is 1.22. The van der Waals surface area contributed by atoms with E-state index >= 15 is 0 Å². The standard InChI is InChI=1S/C10H10ClF2N3O3.ClH/c11-6-1-2-7(8(3-6)16(18)19)9(17)15-5-10(12,13)4-14;/h1-3H,4-5,14H2,(H,15,17);1H. The van der Waals surface area contributed by atoms with E-state index in [1.165, 1.54) is 6.07 Å². The first-order valence-electron chi connectivity index (χ1n) is 5.07. The molecule has 0 spiro atoms. The maximum atomic E-state index is 12.9. The van der Waals surface area contributed by atoms with Crippen molar-refractivity contribution in [3.8, 4) is 0 Å². The number of hydrogen-bond acceptors (Lipinski definition) is 4. The molecule has 0 radical (unpaired) electrons. The highest BCUT2D eigenvalue weighted by molar-refractivity contribution is 6.31. The van der Waals surface area contributed by atoms with E-state index in [1.54, 1.807) is 0 Å². The smallest absolute Gasteiger partial charge is 0.283 e. The molecule has 0 saturated carbocycles. The normalized spacial score (nSPS) is 10.6. The number of carbonyl (C=O) groups is 1. The minimum absolute atomic E-state index is 0. The monoisotopic (exact) mass is 329 g/mol. The molecule has 20 heavy (non-hydrogen) atoms. The quantitative estimate of drug-likeness (QED) is 0.637. The largest absolute Gasteiger partial charge is 0.346 e. The molecular formula is C10H11Cl2F2N3O3. The summed E-state index contributed by atoms with van der Waals surface area (Å²) in [7, 11) is 0. The van der Waals surface area contributed by atoms with Crippen molar-refractivity contribution in [1.29, 1.82) is 0 Å². The molecule has 1 aromatic rings. The Morgan fingerprint density at radius 3 is 2.60 bits per heavy atom. The third-order valence-electron chi connectivity index (χ3n) is 2.21. The Morgan fingerprint density at radius 1 is 1.50 bits per heavy atom. The van der Waals surface area contributed by atoms with Crippen LogP contribution in [0.5, 0.6) is 0 Å². The highest BCUT2D eigenvalue weighted by atomic mass is 35.5. The molecule has 0 unspecified atom stereocenters. The van der Waals surface area contributed by atoms with Gasteiger partial charge in [-0.25, -0.2) is 8.78 Å². The van der Waals surface area contributed by atoms with Gasteiger partial charge in [-0.3, -0.25) is 14.9 Å². The molecule has 0 atom stereocenters. The first kappa shape index (κ1) is 18.5. The van der Waals surface area contributed by atoms with Gasteiger partial charge >= 0.3 is 0 Å². The lowest BCUT2D eigenvalue weighted by Gasteiger charge is -2.14. The molecule has 112 valence electrons. The van der Waals surface area contributed by atoms with Gasteiger partial charge in [0, 0.05) is 11.1 Å². The Balaban J connectivity index is 0.00000361. The molecular weight excluding hydrogens is 319 g/mol. The first-order chi connectivity index (χ1) is 8.76. The number of alkyl halides is 2. The van der Waals surface area contributed by atoms with E-state index in [0.29, 0.717) is 0 Å². The molecule has 0 aromatic heterocycles. The van der Waals surface area contributed by atoms with Crippen molar-refractivity contribution in [2.75, 3.05) is 13.1 Å². The molecule has 1 amide bonds. The molecule has 0 fully saturated rings. The molecule has 10 heteroatoms. The number of hydrogen-bond donors (Lipinski definition) is 2. The Labute approximate surface area is 123 Å². The van der Waals surface area contributed by atoms with Crippen LogP contribution >= 0.6 is 24.0 Å². The summed E-state index contributed by atoms with van der Waals surface area (Å²) in [6.07, 6.45) is 0. The summed E-state index contributed by atoms with van der Waals surface area (Å²) in [5.41, 5.74) is 3.90. The number of nitro benzene ring substituents is 1. The van der Waals surface area contributed by atoms with Gasteiger partial charge in [-0.1, -0.05) is 11.6 Å². The van der Waals surface area contributed by atoms with Gasteiger partial charge in [-0.05, 0) is 12.1 Å². The Kier molecular flexibility index (Phi) is 6.77. The average molecular weight is 330 g/mol. The number of amides is 1. The SMILES string of the molecule is Cl.NCC(F)(F)CNC(=O)c1ccc(Cl)cc1[N+](=O)[O-]. The van der Waals surface area contributed by atoms with Gasteiger partial charge in [0.15, 0.2) is 0 Å². The third kappa shape index (κ3) is 4.87.